The van der Waals surface area contributed by atoms with Crippen LogP contribution in [0.25, 0.3) is 0 Å². The highest BCUT2D eigenvalue weighted by molar-refractivity contribution is 4.99. The Bertz CT molecular complexity index is 451. The first-order chi connectivity index (χ1) is 8.83. The third-order valence-corrected chi connectivity index (χ3v) is 2.98. The van der Waals surface area contributed by atoms with E-state index in [2.05, 4.69) is 15.5 Å². The molecule has 0 aromatic carbocycles. The van der Waals surface area contributed by atoms with Crippen LogP contribution in [-0.2, 0) is 19.4 Å². The summed E-state index contributed by atoms with van der Waals surface area (Å²) in [5.41, 5.74) is 2.83. The topological polar surface area (TPSA) is 81.9 Å². The molecule has 1 unspecified atom stereocenters. The van der Waals surface area contributed by atoms with Gasteiger partial charge >= 0.3 is 0 Å². The molecule has 0 amide bonds. The second-order valence-corrected chi connectivity index (χ2v) is 4.18. The van der Waals surface area contributed by atoms with Gasteiger partial charge < -0.3 is 4.42 Å². The number of aryl methyl sites for hydroxylation is 2. The van der Waals surface area contributed by atoms with Crippen molar-refractivity contribution in [3.05, 3.63) is 36.3 Å². The van der Waals surface area contributed by atoms with Gasteiger partial charge in [0.2, 0.25) is 0 Å². The molecule has 0 fully saturated rings. The van der Waals surface area contributed by atoms with Crippen molar-refractivity contribution in [1.29, 1.82) is 0 Å². The molecule has 0 aliphatic carbocycles. The lowest BCUT2D eigenvalue weighted by molar-refractivity contribution is 0.435. The SMILES string of the molecule is CCn1ncnc1CC(CCc1ccco1)NN. The van der Waals surface area contributed by atoms with Crippen LogP contribution in [0.4, 0.5) is 0 Å². The highest BCUT2D eigenvalue weighted by Crippen LogP contribution is 2.08. The molecule has 0 aliphatic heterocycles. The maximum absolute atomic E-state index is 5.58. The Morgan fingerprint density at radius 1 is 1.56 bits per heavy atom. The molecule has 0 saturated carbocycles. The van der Waals surface area contributed by atoms with Crippen molar-refractivity contribution >= 4 is 0 Å². The maximum atomic E-state index is 5.58. The van der Waals surface area contributed by atoms with Crippen LogP contribution in [0.3, 0.4) is 0 Å². The molecule has 0 aliphatic rings. The molecule has 6 nitrogen and oxygen atoms in total. The summed E-state index contributed by atoms with van der Waals surface area (Å²) in [5.74, 6) is 7.52. The fraction of sp³-hybridized carbons (Fsp3) is 0.500. The van der Waals surface area contributed by atoms with Gasteiger partial charge in [0.25, 0.3) is 0 Å². The summed E-state index contributed by atoms with van der Waals surface area (Å²) in [4.78, 5) is 4.25. The van der Waals surface area contributed by atoms with Gasteiger partial charge in [-0.2, -0.15) is 5.10 Å². The van der Waals surface area contributed by atoms with E-state index < -0.39 is 0 Å². The van der Waals surface area contributed by atoms with E-state index in [0.717, 1.165) is 37.4 Å². The molecule has 98 valence electrons. The van der Waals surface area contributed by atoms with Crippen LogP contribution in [0.15, 0.2) is 29.1 Å². The molecule has 1 atom stereocenters. The lowest BCUT2D eigenvalue weighted by atomic mass is 10.1. The van der Waals surface area contributed by atoms with Crippen LogP contribution in [0.2, 0.25) is 0 Å². The van der Waals surface area contributed by atoms with Gasteiger partial charge in [-0.05, 0) is 25.5 Å². The average molecular weight is 249 g/mol. The van der Waals surface area contributed by atoms with Crippen LogP contribution in [0, 0.1) is 0 Å². The van der Waals surface area contributed by atoms with E-state index in [0.29, 0.717) is 0 Å². The molecule has 0 saturated heterocycles. The standard InChI is InChI=1S/C12H19N5O/c1-2-17-12(14-9-15-17)8-10(16-13)5-6-11-4-3-7-18-11/h3-4,7,9-10,16H,2,5-6,8,13H2,1H3. The van der Waals surface area contributed by atoms with Crippen molar-refractivity contribution in [1.82, 2.24) is 20.2 Å². The fourth-order valence-electron chi connectivity index (χ4n) is 1.95. The summed E-state index contributed by atoms with van der Waals surface area (Å²) in [6, 6.07) is 4.04. The number of hydrogen-bond acceptors (Lipinski definition) is 5. The van der Waals surface area contributed by atoms with E-state index in [1.54, 1.807) is 12.6 Å². The minimum absolute atomic E-state index is 0.171. The third kappa shape index (κ3) is 3.18. The Morgan fingerprint density at radius 3 is 3.11 bits per heavy atom. The molecule has 2 heterocycles. The average Bonchev–Trinajstić information content (AvgIpc) is 3.05. The van der Waals surface area contributed by atoms with E-state index in [4.69, 9.17) is 10.3 Å². The second kappa shape index (κ2) is 6.32. The van der Waals surface area contributed by atoms with Gasteiger partial charge in [-0.3, -0.25) is 16.0 Å². The lowest BCUT2D eigenvalue weighted by Crippen LogP contribution is -2.37. The zero-order valence-electron chi connectivity index (χ0n) is 10.5. The van der Waals surface area contributed by atoms with Crippen LogP contribution in [0.5, 0.6) is 0 Å². The van der Waals surface area contributed by atoms with Crippen LogP contribution in [-0.4, -0.2) is 20.8 Å². The predicted molar refractivity (Wildman–Crippen MR) is 67.5 cm³/mol. The molecular formula is C12H19N5O. The van der Waals surface area contributed by atoms with Crippen molar-refractivity contribution in [2.75, 3.05) is 0 Å². The molecule has 0 bridgehead atoms. The molecule has 6 heteroatoms. The van der Waals surface area contributed by atoms with Gasteiger partial charge in [0.1, 0.15) is 17.9 Å². The molecule has 0 radical (unpaired) electrons. The van der Waals surface area contributed by atoms with E-state index in [1.807, 2.05) is 23.7 Å². The number of hydrogen-bond donors (Lipinski definition) is 2. The van der Waals surface area contributed by atoms with Crippen molar-refractivity contribution < 1.29 is 4.42 Å². The van der Waals surface area contributed by atoms with E-state index in [1.165, 1.54) is 0 Å². The molecule has 2 rings (SSSR count). The number of furan rings is 1. The first-order valence-electron chi connectivity index (χ1n) is 6.18. The molecule has 3 N–H and O–H groups in total. The lowest BCUT2D eigenvalue weighted by Gasteiger charge is -2.14. The van der Waals surface area contributed by atoms with E-state index in [-0.39, 0.29) is 6.04 Å². The van der Waals surface area contributed by atoms with Gasteiger partial charge in [-0.25, -0.2) is 4.98 Å². The number of aromatic nitrogens is 3. The van der Waals surface area contributed by atoms with E-state index >= 15 is 0 Å². The fourth-order valence-corrected chi connectivity index (χ4v) is 1.95. The molecule has 2 aromatic heterocycles. The quantitative estimate of drug-likeness (QED) is 0.562. The Balaban J connectivity index is 1.89. The second-order valence-electron chi connectivity index (χ2n) is 4.18. The van der Waals surface area contributed by atoms with Gasteiger partial charge in [0.05, 0.1) is 6.26 Å². The first kappa shape index (κ1) is 12.8. The van der Waals surface area contributed by atoms with Gasteiger partial charge in [-0.1, -0.05) is 0 Å². The number of nitrogens with two attached hydrogens (primary N) is 1. The number of rotatable bonds is 7. The first-order valence-corrected chi connectivity index (χ1v) is 6.18. The summed E-state index contributed by atoms with van der Waals surface area (Å²) in [6.07, 6.45) is 5.81. The van der Waals surface area contributed by atoms with Crippen molar-refractivity contribution in [3.63, 3.8) is 0 Å². The summed E-state index contributed by atoms with van der Waals surface area (Å²) in [6.45, 7) is 2.87. The highest BCUT2D eigenvalue weighted by Gasteiger charge is 2.12. The number of nitrogens with one attached hydrogen (secondary N) is 1. The smallest absolute Gasteiger partial charge is 0.138 e. The number of hydrazine groups is 1. The van der Waals surface area contributed by atoms with E-state index in [9.17, 15) is 0 Å². The Hall–Kier alpha value is -1.66. The zero-order valence-corrected chi connectivity index (χ0v) is 10.5. The Labute approximate surface area is 106 Å². The molecule has 2 aromatic rings. The Morgan fingerprint density at radius 2 is 2.44 bits per heavy atom. The normalized spacial score (nSPS) is 12.8. The maximum Gasteiger partial charge on any atom is 0.138 e. The molecule has 18 heavy (non-hydrogen) atoms. The van der Waals surface area contributed by atoms with Crippen LogP contribution < -0.4 is 11.3 Å². The highest BCUT2D eigenvalue weighted by atomic mass is 16.3. The molecular weight excluding hydrogens is 230 g/mol. The van der Waals surface area contributed by atoms with Crippen molar-refractivity contribution in [3.8, 4) is 0 Å². The van der Waals surface area contributed by atoms with Gasteiger partial charge in [0, 0.05) is 25.4 Å². The van der Waals surface area contributed by atoms with Gasteiger partial charge in [0.15, 0.2) is 0 Å². The predicted octanol–water partition coefficient (Wildman–Crippen LogP) is 0.898. The van der Waals surface area contributed by atoms with Crippen LogP contribution >= 0.6 is 0 Å². The Kier molecular flexibility index (Phi) is 4.49. The summed E-state index contributed by atoms with van der Waals surface area (Å²) in [5, 5.41) is 4.15. The van der Waals surface area contributed by atoms with Crippen molar-refractivity contribution in [2.45, 2.75) is 38.8 Å². The minimum Gasteiger partial charge on any atom is -0.469 e. The number of nitrogens with zero attached hydrogens (tertiary/aromatic N) is 3. The largest absolute Gasteiger partial charge is 0.469 e. The third-order valence-electron chi connectivity index (χ3n) is 2.98. The molecule has 0 spiro atoms. The monoisotopic (exact) mass is 249 g/mol. The van der Waals surface area contributed by atoms with Crippen molar-refractivity contribution in [2.24, 2.45) is 5.84 Å². The summed E-state index contributed by atoms with van der Waals surface area (Å²) >= 11 is 0. The van der Waals surface area contributed by atoms with Gasteiger partial charge in [-0.15, -0.1) is 0 Å². The minimum atomic E-state index is 0.171. The summed E-state index contributed by atoms with van der Waals surface area (Å²) < 4.78 is 7.19. The summed E-state index contributed by atoms with van der Waals surface area (Å²) in [7, 11) is 0. The zero-order chi connectivity index (χ0) is 12.8. The van der Waals surface area contributed by atoms with Crippen LogP contribution in [0.1, 0.15) is 24.9 Å².